The highest BCUT2D eigenvalue weighted by Gasteiger charge is 2.15. The number of para-hydroxylation sites is 1. The lowest BCUT2D eigenvalue weighted by atomic mass is 10.2. The minimum Gasteiger partial charge on any atom is -0.434 e. The molecule has 9 heteroatoms. The number of benzene rings is 1. The van der Waals surface area contributed by atoms with Gasteiger partial charge in [0.25, 0.3) is 5.56 Å². The third kappa shape index (κ3) is 2.40. The lowest BCUT2D eigenvalue weighted by molar-refractivity contribution is -0.0494. The van der Waals surface area contributed by atoms with Gasteiger partial charge in [-0.25, -0.2) is 9.78 Å². The zero-order valence-electron chi connectivity index (χ0n) is 10.3. The predicted octanol–water partition coefficient (Wildman–Crippen LogP) is 1.21. The van der Waals surface area contributed by atoms with Gasteiger partial charge >= 0.3 is 12.3 Å². The van der Waals surface area contributed by atoms with Crippen molar-refractivity contribution in [2.45, 2.75) is 6.61 Å². The highest BCUT2D eigenvalue weighted by molar-refractivity contribution is 5.76. The van der Waals surface area contributed by atoms with Crippen molar-refractivity contribution in [3.8, 4) is 17.1 Å². The van der Waals surface area contributed by atoms with E-state index in [1.807, 2.05) is 4.98 Å². The molecule has 0 spiro atoms. The van der Waals surface area contributed by atoms with Gasteiger partial charge in [-0.2, -0.15) is 8.78 Å². The Morgan fingerprint density at radius 2 is 1.86 bits per heavy atom. The van der Waals surface area contributed by atoms with Gasteiger partial charge in [0.05, 0.1) is 5.56 Å². The van der Waals surface area contributed by atoms with Crippen LogP contribution in [0.25, 0.3) is 22.6 Å². The van der Waals surface area contributed by atoms with E-state index in [1.54, 1.807) is 6.07 Å². The SMILES string of the molecule is O=c1[nH]c(=O)c2[nH]c(-c3ccccc3OC(F)F)nc2[nH]1. The number of halogens is 2. The topological polar surface area (TPSA) is 104 Å². The van der Waals surface area contributed by atoms with E-state index in [9.17, 15) is 18.4 Å². The first-order chi connectivity index (χ1) is 10.0. The van der Waals surface area contributed by atoms with Gasteiger partial charge in [0.1, 0.15) is 17.1 Å². The van der Waals surface area contributed by atoms with Gasteiger partial charge in [-0.05, 0) is 12.1 Å². The molecule has 1 aromatic carbocycles. The van der Waals surface area contributed by atoms with Crippen LogP contribution in [0.5, 0.6) is 5.75 Å². The Bertz CT molecular complexity index is 912. The summed E-state index contributed by atoms with van der Waals surface area (Å²) < 4.78 is 29.2. The quantitative estimate of drug-likeness (QED) is 0.675. The van der Waals surface area contributed by atoms with E-state index in [4.69, 9.17) is 0 Å². The molecule has 3 rings (SSSR count). The smallest absolute Gasteiger partial charge is 0.387 e. The Kier molecular flexibility index (Phi) is 3.01. The molecule has 0 amide bonds. The number of nitrogens with zero attached hydrogens (tertiary/aromatic N) is 1. The van der Waals surface area contributed by atoms with Crippen LogP contribution in [-0.2, 0) is 0 Å². The minimum atomic E-state index is -2.99. The molecule has 2 heterocycles. The van der Waals surface area contributed by atoms with Crippen LogP contribution in [0.15, 0.2) is 33.9 Å². The number of rotatable bonds is 3. The summed E-state index contributed by atoms with van der Waals surface area (Å²) in [7, 11) is 0. The molecule has 0 aliphatic carbocycles. The number of H-pyrrole nitrogens is 3. The lowest BCUT2D eigenvalue weighted by Crippen LogP contribution is -2.21. The first-order valence-corrected chi connectivity index (χ1v) is 5.81. The van der Waals surface area contributed by atoms with Crippen molar-refractivity contribution >= 4 is 11.2 Å². The summed E-state index contributed by atoms with van der Waals surface area (Å²) in [6, 6.07) is 5.98. The molecule has 0 atom stereocenters. The average Bonchev–Trinajstić information content (AvgIpc) is 2.82. The molecule has 0 aliphatic rings. The number of imidazole rings is 1. The van der Waals surface area contributed by atoms with Crippen LogP contribution in [-0.4, -0.2) is 26.5 Å². The summed E-state index contributed by atoms with van der Waals surface area (Å²) in [4.78, 5) is 33.8. The van der Waals surface area contributed by atoms with Crippen molar-refractivity contribution in [1.29, 1.82) is 0 Å². The first kappa shape index (κ1) is 13.0. The fourth-order valence-corrected chi connectivity index (χ4v) is 1.92. The average molecular weight is 294 g/mol. The highest BCUT2D eigenvalue weighted by atomic mass is 19.3. The zero-order chi connectivity index (χ0) is 15.0. The molecule has 0 fully saturated rings. The second-order valence-corrected chi connectivity index (χ2v) is 4.09. The maximum atomic E-state index is 12.4. The van der Waals surface area contributed by atoms with Crippen molar-refractivity contribution in [2.75, 3.05) is 0 Å². The van der Waals surface area contributed by atoms with E-state index >= 15 is 0 Å². The Morgan fingerprint density at radius 1 is 1.10 bits per heavy atom. The predicted molar refractivity (Wildman–Crippen MR) is 69.4 cm³/mol. The molecule has 0 bridgehead atoms. The molecule has 2 aromatic heterocycles. The van der Waals surface area contributed by atoms with Gasteiger partial charge in [-0.15, -0.1) is 0 Å². The molecule has 108 valence electrons. The number of hydrogen-bond acceptors (Lipinski definition) is 4. The Morgan fingerprint density at radius 3 is 2.62 bits per heavy atom. The number of aromatic nitrogens is 4. The highest BCUT2D eigenvalue weighted by Crippen LogP contribution is 2.29. The van der Waals surface area contributed by atoms with E-state index in [1.165, 1.54) is 18.2 Å². The molecular weight excluding hydrogens is 286 g/mol. The van der Waals surface area contributed by atoms with E-state index < -0.39 is 17.9 Å². The standard InChI is InChI=1S/C12H8F2N4O3/c13-11(14)21-6-4-2-1-3-5(6)8-15-7-9(16-8)17-12(20)18-10(7)19/h1-4,11H,(H3,15,16,17,18,19,20). The lowest BCUT2D eigenvalue weighted by Gasteiger charge is -2.08. The summed E-state index contributed by atoms with van der Waals surface area (Å²) >= 11 is 0. The fourth-order valence-electron chi connectivity index (χ4n) is 1.92. The van der Waals surface area contributed by atoms with Crippen molar-refractivity contribution < 1.29 is 13.5 Å². The van der Waals surface area contributed by atoms with Gasteiger partial charge in [0.15, 0.2) is 5.65 Å². The summed E-state index contributed by atoms with van der Waals surface area (Å²) in [5, 5.41) is 0. The molecule has 21 heavy (non-hydrogen) atoms. The number of ether oxygens (including phenoxy) is 1. The van der Waals surface area contributed by atoms with E-state index in [0.717, 1.165) is 0 Å². The van der Waals surface area contributed by atoms with E-state index in [-0.39, 0.29) is 28.3 Å². The molecule has 0 aliphatic heterocycles. The normalized spacial score (nSPS) is 11.2. The largest absolute Gasteiger partial charge is 0.434 e. The number of alkyl halides is 2. The summed E-state index contributed by atoms with van der Waals surface area (Å²) in [5.41, 5.74) is -1.04. The molecule has 0 unspecified atom stereocenters. The molecule has 0 radical (unpaired) electrons. The van der Waals surface area contributed by atoms with Crippen LogP contribution in [0.2, 0.25) is 0 Å². The van der Waals surface area contributed by atoms with Crippen molar-refractivity contribution in [2.24, 2.45) is 0 Å². The van der Waals surface area contributed by atoms with Crippen molar-refractivity contribution in [3.63, 3.8) is 0 Å². The Labute approximate surface area is 114 Å². The Balaban J connectivity index is 2.19. The van der Waals surface area contributed by atoms with E-state index in [2.05, 4.69) is 19.7 Å². The molecule has 0 saturated carbocycles. The first-order valence-electron chi connectivity index (χ1n) is 5.81. The second-order valence-electron chi connectivity index (χ2n) is 4.09. The number of nitrogens with one attached hydrogen (secondary N) is 3. The van der Waals surface area contributed by atoms with Gasteiger partial charge < -0.3 is 9.72 Å². The summed E-state index contributed by atoms with van der Waals surface area (Å²) in [6.07, 6.45) is 0. The zero-order valence-corrected chi connectivity index (χ0v) is 10.3. The molecular formula is C12H8F2N4O3. The van der Waals surface area contributed by atoms with Crippen LogP contribution in [0.3, 0.4) is 0 Å². The van der Waals surface area contributed by atoms with Crippen LogP contribution < -0.4 is 16.0 Å². The molecule has 3 N–H and O–H groups in total. The van der Waals surface area contributed by atoms with Gasteiger partial charge in [-0.3, -0.25) is 14.8 Å². The maximum Gasteiger partial charge on any atom is 0.387 e. The second kappa shape index (κ2) is 4.85. The minimum absolute atomic E-state index is 0.0330. The van der Waals surface area contributed by atoms with Gasteiger partial charge in [0.2, 0.25) is 0 Å². The fraction of sp³-hybridized carbons (Fsp3) is 0.0833. The van der Waals surface area contributed by atoms with Crippen LogP contribution in [0.1, 0.15) is 0 Å². The number of hydrogen-bond donors (Lipinski definition) is 3. The summed E-state index contributed by atoms with van der Waals surface area (Å²) in [6.45, 7) is -2.99. The monoisotopic (exact) mass is 294 g/mol. The Hall–Kier alpha value is -2.97. The van der Waals surface area contributed by atoms with Crippen LogP contribution >= 0.6 is 0 Å². The van der Waals surface area contributed by atoms with Crippen molar-refractivity contribution in [3.05, 3.63) is 45.1 Å². The third-order valence-electron chi connectivity index (χ3n) is 2.75. The number of fused-ring (bicyclic) bond motifs is 1. The van der Waals surface area contributed by atoms with Gasteiger partial charge in [0, 0.05) is 0 Å². The van der Waals surface area contributed by atoms with Crippen molar-refractivity contribution in [1.82, 2.24) is 19.9 Å². The van der Waals surface area contributed by atoms with Crippen LogP contribution in [0, 0.1) is 0 Å². The van der Waals surface area contributed by atoms with Gasteiger partial charge in [-0.1, -0.05) is 12.1 Å². The van der Waals surface area contributed by atoms with Crippen LogP contribution in [0.4, 0.5) is 8.78 Å². The summed E-state index contributed by atoms with van der Waals surface area (Å²) in [5.74, 6) is 0.0407. The molecule has 7 nitrogen and oxygen atoms in total. The van der Waals surface area contributed by atoms with E-state index in [0.29, 0.717) is 0 Å². The molecule has 3 aromatic rings. The third-order valence-corrected chi connectivity index (χ3v) is 2.75. The molecule has 0 saturated heterocycles. The number of aromatic amines is 3. The maximum absolute atomic E-state index is 12.4.